The number of aromatic nitrogens is 3. The van der Waals surface area contributed by atoms with Crippen LogP contribution in [-0.4, -0.2) is 89.3 Å². The van der Waals surface area contributed by atoms with E-state index in [2.05, 4.69) is 20.3 Å². The van der Waals surface area contributed by atoms with E-state index < -0.39 is 58.3 Å². The van der Waals surface area contributed by atoms with Gasteiger partial charge in [0, 0.05) is 49.2 Å². The van der Waals surface area contributed by atoms with Crippen molar-refractivity contribution in [1.29, 1.82) is 0 Å². The van der Waals surface area contributed by atoms with E-state index in [9.17, 15) is 30.8 Å². The van der Waals surface area contributed by atoms with E-state index in [0.29, 0.717) is 16.8 Å². The van der Waals surface area contributed by atoms with Crippen LogP contribution >= 0.6 is 0 Å². The molecule has 0 radical (unpaired) electrons. The lowest BCUT2D eigenvalue weighted by atomic mass is 10.0. The molecule has 2 aromatic heterocycles. The fraction of sp³-hybridized carbons (Fsp3) is 0.394. The molecule has 18 heteroatoms. The van der Waals surface area contributed by atoms with E-state index in [1.54, 1.807) is 45.9 Å². The zero-order chi connectivity index (χ0) is 37.3. The van der Waals surface area contributed by atoms with Crippen molar-refractivity contribution < 1.29 is 44.6 Å². The van der Waals surface area contributed by atoms with Crippen molar-refractivity contribution in [1.82, 2.24) is 24.2 Å². The summed E-state index contributed by atoms with van der Waals surface area (Å²) >= 11 is 0. The van der Waals surface area contributed by atoms with Crippen LogP contribution in [0.1, 0.15) is 32.8 Å². The molecule has 1 aliphatic heterocycles. The molecule has 2 atom stereocenters. The van der Waals surface area contributed by atoms with Gasteiger partial charge in [-0.05, 0) is 63.6 Å². The minimum atomic E-state index is -4.82. The Bertz CT molecular complexity index is 2030. The molecule has 0 unspecified atom stereocenters. The van der Waals surface area contributed by atoms with Gasteiger partial charge in [0.25, 0.3) is 0 Å². The second-order valence-electron chi connectivity index (χ2n) is 13.0. The average Bonchev–Trinajstić information content (AvgIpc) is 3.02. The molecule has 5 rings (SSSR count). The molecule has 12 nitrogen and oxygen atoms in total. The first-order valence-corrected chi connectivity index (χ1v) is 17.1. The van der Waals surface area contributed by atoms with Crippen LogP contribution in [0, 0.1) is 12.7 Å². The number of carbonyl (C=O) groups is 1. The molecule has 1 amide bonds. The van der Waals surface area contributed by atoms with Gasteiger partial charge in [-0.15, -0.1) is 0 Å². The Morgan fingerprint density at radius 1 is 1.04 bits per heavy atom. The molecule has 4 aromatic rings. The summed E-state index contributed by atoms with van der Waals surface area (Å²) in [5.74, 6) is -0.643. The zero-order valence-electron chi connectivity index (χ0n) is 28.3. The maximum Gasteiger partial charge on any atom is 0.410 e. The van der Waals surface area contributed by atoms with Crippen LogP contribution < -0.4 is 14.8 Å². The van der Waals surface area contributed by atoms with Crippen LogP contribution in [0.5, 0.6) is 11.6 Å². The van der Waals surface area contributed by atoms with Crippen molar-refractivity contribution >= 4 is 38.7 Å². The number of hydrogen-bond acceptors (Lipinski definition) is 9. The van der Waals surface area contributed by atoms with Gasteiger partial charge in [-0.2, -0.15) is 25.9 Å². The number of aryl methyl sites for hydroxylation is 1. The number of nitrogens with one attached hydrogen (secondary N) is 2. The van der Waals surface area contributed by atoms with Crippen LogP contribution in [0.4, 0.5) is 38.4 Å². The Kier molecular flexibility index (Phi) is 10.6. The monoisotopic (exact) mass is 737 g/mol. The summed E-state index contributed by atoms with van der Waals surface area (Å²) in [5, 5.41) is 3.35. The van der Waals surface area contributed by atoms with Crippen molar-refractivity contribution in [3.8, 4) is 22.9 Å². The quantitative estimate of drug-likeness (QED) is 0.177. The third-order valence-electron chi connectivity index (χ3n) is 7.63. The first-order chi connectivity index (χ1) is 23.8. The summed E-state index contributed by atoms with van der Waals surface area (Å²) in [5.41, 5.74) is -0.00800. The largest absolute Gasteiger partial charge is 0.444 e. The number of piperidine rings is 1. The molecular formula is C33H36F5N7O5S. The highest BCUT2D eigenvalue weighted by molar-refractivity contribution is 7.90. The van der Waals surface area contributed by atoms with Crippen LogP contribution in [-0.2, 0) is 14.9 Å². The summed E-state index contributed by atoms with van der Waals surface area (Å²) in [6.07, 6.45) is -3.72. The predicted octanol–water partition coefficient (Wildman–Crippen LogP) is 6.84. The van der Waals surface area contributed by atoms with Gasteiger partial charge in [0.2, 0.25) is 11.8 Å². The van der Waals surface area contributed by atoms with E-state index in [0.717, 1.165) is 13.1 Å². The van der Waals surface area contributed by atoms with Crippen LogP contribution in [0.25, 0.3) is 22.0 Å². The zero-order valence-corrected chi connectivity index (χ0v) is 29.1. The lowest BCUT2D eigenvalue weighted by Gasteiger charge is -2.36. The topological polar surface area (TPSA) is 139 Å². The first kappa shape index (κ1) is 37.4. The lowest BCUT2D eigenvalue weighted by molar-refractivity contribution is -0.134. The molecule has 1 fully saturated rings. The Balaban J connectivity index is 1.42. The molecule has 2 aromatic carbocycles. The average molecular weight is 738 g/mol. The van der Waals surface area contributed by atoms with E-state index >= 15 is 4.39 Å². The number of carbonyl (C=O) groups excluding carboxylic acids is 1. The molecular weight excluding hydrogens is 701 g/mol. The van der Waals surface area contributed by atoms with Crippen molar-refractivity contribution in [2.75, 3.05) is 36.7 Å². The number of anilines is 2. The molecule has 0 bridgehead atoms. The number of ether oxygens (including phenoxy) is 2. The Morgan fingerprint density at radius 3 is 2.47 bits per heavy atom. The number of amides is 1. The number of rotatable bonds is 9. The van der Waals surface area contributed by atoms with Crippen LogP contribution in [0.15, 0.2) is 54.9 Å². The highest BCUT2D eigenvalue weighted by Gasteiger charge is 2.35. The Morgan fingerprint density at radius 2 is 1.76 bits per heavy atom. The molecule has 51 heavy (non-hydrogen) atoms. The van der Waals surface area contributed by atoms with Gasteiger partial charge in [0.05, 0.1) is 23.5 Å². The number of benzene rings is 2. The summed E-state index contributed by atoms with van der Waals surface area (Å²) in [7, 11) is -4.09. The number of likely N-dealkylation sites (tertiary alicyclic amines) is 1. The number of pyridine rings is 1. The number of halogens is 5. The summed E-state index contributed by atoms with van der Waals surface area (Å²) in [6, 6.07) is 9.65. The molecule has 0 saturated carbocycles. The Hall–Kier alpha value is -4.84. The number of nitrogens with zero attached hydrogens (tertiary/aromatic N) is 5. The SMILES string of the molecule is Cc1ccc2c(NS(=O)(=O)N(C)CC(F)(F)F)c(F)ccc2c1Oc1ncccc1-c1ccnc(N[C@H]2C[C@H](F)CN(C(=O)OC(C)(C)C)C2)n1. The third-order valence-corrected chi connectivity index (χ3v) is 9.04. The first-order valence-electron chi connectivity index (χ1n) is 15.7. The van der Waals surface area contributed by atoms with Crippen molar-refractivity contribution in [3.63, 3.8) is 0 Å². The fourth-order valence-corrected chi connectivity index (χ4v) is 6.32. The standard InChI is InChI=1S/C33H36F5N7O5S/c1-19-8-9-22-23(10-11-25(35)27(22)43-51(47,48)44(5)18-33(36,37)38)28(19)49-29-24(7-6-13-39-29)26-12-14-40-30(42-26)41-21-15-20(34)16-45(17-21)31(46)50-32(2,3)4/h6-14,20-21,43H,15-18H2,1-5H3,(H,40,41,42)/t20-,21-/m0/s1. The molecule has 1 saturated heterocycles. The molecule has 0 spiro atoms. The molecule has 1 aliphatic rings. The predicted molar refractivity (Wildman–Crippen MR) is 180 cm³/mol. The van der Waals surface area contributed by atoms with Gasteiger partial charge in [0.15, 0.2) is 0 Å². The van der Waals surface area contributed by atoms with E-state index in [1.165, 1.54) is 35.5 Å². The van der Waals surface area contributed by atoms with Crippen LogP contribution in [0.2, 0.25) is 0 Å². The molecule has 274 valence electrons. The highest BCUT2D eigenvalue weighted by Crippen LogP contribution is 2.40. The number of fused-ring (bicyclic) bond motifs is 1. The van der Waals surface area contributed by atoms with Crippen LogP contribution in [0.3, 0.4) is 0 Å². The van der Waals surface area contributed by atoms with Gasteiger partial charge in [-0.1, -0.05) is 12.1 Å². The van der Waals surface area contributed by atoms with Gasteiger partial charge >= 0.3 is 22.5 Å². The minimum absolute atomic E-state index is 0.0182. The fourth-order valence-electron chi connectivity index (χ4n) is 5.39. The smallest absolute Gasteiger partial charge is 0.410 e. The van der Waals surface area contributed by atoms with Gasteiger partial charge in [-0.3, -0.25) is 4.72 Å². The highest BCUT2D eigenvalue weighted by atomic mass is 32.2. The molecule has 2 N–H and O–H groups in total. The van der Waals surface area contributed by atoms with Crippen molar-refractivity contribution in [2.45, 2.75) is 58.1 Å². The lowest BCUT2D eigenvalue weighted by Crippen LogP contribution is -2.51. The second-order valence-corrected chi connectivity index (χ2v) is 14.8. The van der Waals surface area contributed by atoms with Gasteiger partial charge in [0.1, 0.15) is 29.9 Å². The van der Waals surface area contributed by atoms with E-state index in [1.807, 2.05) is 4.72 Å². The Labute approximate surface area is 291 Å². The molecule has 0 aliphatic carbocycles. The summed E-state index contributed by atoms with van der Waals surface area (Å²) in [4.78, 5) is 27.1. The maximum absolute atomic E-state index is 15.1. The van der Waals surface area contributed by atoms with Crippen molar-refractivity contribution in [2.24, 2.45) is 0 Å². The second kappa shape index (κ2) is 14.4. The van der Waals surface area contributed by atoms with Gasteiger partial charge < -0.3 is 19.7 Å². The maximum atomic E-state index is 15.1. The van der Waals surface area contributed by atoms with E-state index in [-0.39, 0.29) is 52.2 Å². The van der Waals surface area contributed by atoms with Crippen molar-refractivity contribution in [3.05, 3.63) is 66.2 Å². The van der Waals surface area contributed by atoms with Gasteiger partial charge in [-0.25, -0.2) is 28.5 Å². The molecule has 3 heterocycles. The number of alkyl halides is 4. The summed E-state index contributed by atoms with van der Waals surface area (Å²) < 4.78 is 108. The normalized spacial score (nSPS) is 17.0. The summed E-state index contributed by atoms with van der Waals surface area (Å²) in [6.45, 7) is 5.13. The number of hydrogen-bond donors (Lipinski definition) is 2. The third kappa shape index (κ3) is 9.29. The minimum Gasteiger partial charge on any atom is -0.444 e. The van der Waals surface area contributed by atoms with E-state index in [4.69, 9.17) is 9.47 Å².